The average molecular weight is 286 g/mol. The molecule has 0 aliphatic rings. The Morgan fingerprint density at radius 1 is 1.19 bits per heavy atom. The first-order chi connectivity index (χ1) is 9.95. The summed E-state index contributed by atoms with van der Waals surface area (Å²) in [4.78, 5) is 18.4. The van der Waals surface area contributed by atoms with Crippen molar-refractivity contribution in [1.82, 2.24) is 9.88 Å². The molecule has 2 aromatic rings. The molecule has 0 saturated heterocycles. The van der Waals surface area contributed by atoms with Crippen LogP contribution in [0.15, 0.2) is 36.4 Å². The predicted octanol–water partition coefficient (Wildman–Crippen LogP) is 2.12. The van der Waals surface area contributed by atoms with Crippen molar-refractivity contribution in [3.63, 3.8) is 0 Å². The molecule has 110 valence electrons. The van der Waals surface area contributed by atoms with Crippen LogP contribution in [-0.4, -0.2) is 39.5 Å². The summed E-state index contributed by atoms with van der Waals surface area (Å²) in [5.41, 5.74) is 2.21. The highest BCUT2D eigenvalue weighted by Crippen LogP contribution is 2.25. The van der Waals surface area contributed by atoms with E-state index < -0.39 is 0 Å². The second-order valence-corrected chi connectivity index (χ2v) is 5.07. The number of aryl methyl sites for hydroxylation is 1. The number of nitrogens with zero attached hydrogens (tertiary/aromatic N) is 2. The highest BCUT2D eigenvalue weighted by molar-refractivity contribution is 5.98. The number of Topliss-reactive ketones (excluding diaryl/α,β-unsaturated/α-hetero) is 1. The van der Waals surface area contributed by atoms with Gasteiger partial charge in [-0.05, 0) is 44.3 Å². The van der Waals surface area contributed by atoms with Gasteiger partial charge in [-0.25, -0.2) is 0 Å². The van der Waals surface area contributed by atoms with Crippen LogP contribution < -0.4 is 0 Å². The Bertz CT molecular complexity index is 656. The topological polar surface area (TPSA) is 73.7 Å². The fourth-order valence-electron chi connectivity index (χ4n) is 2.05. The van der Waals surface area contributed by atoms with Crippen LogP contribution in [0.3, 0.4) is 0 Å². The molecule has 1 aromatic carbocycles. The minimum Gasteiger partial charge on any atom is -0.504 e. The van der Waals surface area contributed by atoms with E-state index in [9.17, 15) is 15.0 Å². The molecule has 1 aromatic heterocycles. The third kappa shape index (κ3) is 4.03. The molecule has 5 nitrogen and oxygen atoms in total. The second-order valence-electron chi connectivity index (χ2n) is 5.07. The van der Waals surface area contributed by atoms with Crippen LogP contribution in [0.2, 0.25) is 0 Å². The van der Waals surface area contributed by atoms with Gasteiger partial charge in [0.05, 0.1) is 12.2 Å². The third-order valence-corrected chi connectivity index (χ3v) is 3.09. The Morgan fingerprint density at radius 2 is 1.95 bits per heavy atom. The summed E-state index contributed by atoms with van der Waals surface area (Å²) in [5, 5.41) is 18.7. The van der Waals surface area contributed by atoms with Gasteiger partial charge in [0.1, 0.15) is 0 Å². The fraction of sp³-hybridized carbons (Fsp3) is 0.250. The van der Waals surface area contributed by atoms with Gasteiger partial charge in [-0.3, -0.25) is 14.7 Å². The number of phenols is 2. The van der Waals surface area contributed by atoms with Gasteiger partial charge in [0.25, 0.3) is 0 Å². The quantitative estimate of drug-likeness (QED) is 0.650. The lowest BCUT2D eigenvalue weighted by molar-refractivity contribution is 0.0942. The third-order valence-electron chi connectivity index (χ3n) is 3.09. The Balaban J connectivity index is 2.00. The fourth-order valence-corrected chi connectivity index (χ4v) is 2.05. The standard InChI is InChI=1S/C16H18N2O3/c1-11-4-3-5-13(17-11)9-18(2)10-16(21)12-6-7-14(19)15(20)8-12/h3-8,19-20H,9-10H2,1-2H3. The van der Waals surface area contributed by atoms with Crippen molar-refractivity contribution in [2.75, 3.05) is 13.6 Å². The number of carbonyl (C=O) groups excluding carboxylic acids is 1. The molecule has 1 heterocycles. The summed E-state index contributed by atoms with van der Waals surface area (Å²) in [5.74, 6) is -0.645. The number of phenolic OH excluding ortho intramolecular Hbond substituents is 2. The maximum atomic E-state index is 12.1. The maximum Gasteiger partial charge on any atom is 0.176 e. The summed E-state index contributed by atoms with van der Waals surface area (Å²) < 4.78 is 0. The number of rotatable bonds is 5. The molecular formula is C16H18N2O3. The first kappa shape index (κ1) is 15.0. The molecule has 0 radical (unpaired) electrons. The Kier molecular flexibility index (Phi) is 4.55. The molecule has 0 aliphatic carbocycles. The van der Waals surface area contributed by atoms with E-state index in [0.717, 1.165) is 11.4 Å². The van der Waals surface area contributed by atoms with Gasteiger partial charge in [-0.15, -0.1) is 0 Å². The second kappa shape index (κ2) is 6.37. The molecule has 5 heteroatoms. The van der Waals surface area contributed by atoms with Crippen molar-refractivity contribution in [2.24, 2.45) is 0 Å². The van der Waals surface area contributed by atoms with Gasteiger partial charge < -0.3 is 10.2 Å². The van der Waals surface area contributed by atoms with Gasteiger partial charge in [-0.2, -0.15) is 0 Å². The van der Waals surface area contributed by atoms with Gasteiger partial charge in [0.2, 0.25) is 0 Å². The van der Waals surface area contributed by atoms with Crippen LogP contribution in [0.25, 0.3) is 0 Å². The first-order valence-corrected chi connectivity index (χ1v) is 6.62. The largest absolute Gasteiger partial charge is 0.504 e. The number of aromatic hydroxyl groups is 2. The molecule has 21 heavy (non-hydrogen) atoms. The molecule has 0 fully saturated rings. The summed E-state index contributed by atoms with van der Waals surface area (Å²) >= 11 is 0. The Hall–Kier alpha value is -2.40. The number of aromatic nitrogens is 1. The zero-order chi connectivity index (χ0) is 15.4. The van der Waals surface area contributed by atoms with E-state index in [0.29, 0.717) is 12.1 Å². The van der Waals surface area contributed by atoms with Crippen LogP contribution in [-0.2, 0) is 6.54 Å². The van der Waals surface area contributed by atoms with Gasteiger partial charge in [-0.1, -0.05) is 6.07 Å². The van der Waals surface area contributed by atoms with Crippen molar-refractivity contribution in [2.45, 2.75) is 13.5 Å². The zero-order valence-corrected chi connectivity index (χ0v) is 12.1. The number of carbonyl (C=O) groups is 1. The molecule has 0 bridgehead atoms. The monoisotopic (exact) mass is 286 g/mol. The summed E-state index contributed by atoms with van der Waals surface area (Å²) in [6, 6.07) is 9.86. The summed E-state index contributed by atoms with van der Waals surface area (Å²) in [7, 11) is 1.84. The number of hydrogen-bond donors (Lipinski definition) is 2. The van der Waals surface area contributed by atoms with Crippen molar-refractivity contribution >= 4 is 5.78 Å². The van der Waals surface area contributed by atoms with Gasteiger partial charge >= 0.3 is 0 Å². The Morgan fingerprint density at radius 3 is 2.62 bits per heavy atom. The smallest absolute Gasteiger partial charge is 0.176 e. The minimum atomic E-state index is -0.288. The average Bonchev–Trinajstić information content (AvgIpc) is 2.41. The molecule has 0 amide bonds. The van der Waals surface area contributed by atoms with Crippen molar-refractivity contribution in [3.05, 3.63) is 53.3 Å². The molecular weight excluding hydrogens is 268 g/mol. The van der Waals surface area contributed by atoms with Crippen LogP contribution in [0.5, 0.6) is 11.5 Å². The Labute approximate surface area is 123 Å². The SMILES string of the molecule is Cc1cccc(CN(C)CC(=O)c2ccc(O)c(O)c2)n1. The number of ketones is 1. The van der Waals surface area contributed by atoms with E-state index in [4.69, 9.17) is 0 Å². The number of likely N-dealkylation sites (N-methyl/N-ethyl adjacent to an activating group) is 1. The van der Waals surface area contributed by atoms with Gasteiger partial charge in [0.15, 0.2) is 17.3 Å². The summed E-state index contributed by atoms with van der Waals surface area (Å²) in [6.07, 6.45) is 0. The molecule has 0 atom stereocenters. The maximum absolute atomic E-state index is 12.1. The normalized spacial score (nSPS) is 10.8. The predicted molar refractivity (Wildman–Crippen MR) is 79.4 cm³/mol. The van der Waals surface area contributed by atoms with Gasteiger partial charge in [0, 0.05) is 17.8 Å². The lowest BCUT2D eigenvalue weighted by Crippen LogP contribution is -2.26. The molecule has 0 aliphatic heterocycles. The van der Waals surface area contributed by atoms with E-state index in [2.05, 4.69) is 4.98 Å². The van der Waals surface area contributed by atoms with E-state index in [1.165, 1.54) is 18.2 Å². The van der Waals surface area contributed by atoms with Crippen molar-refractivity contribution in [3.8, 4) is 11.5 Å². The number of pyridine rings is 1. The number of benzene rings is 1. The van der Waals surface area contributed by atoms with E-state index in [1.807, 2.05) is 37.1 Å². The highest BCUT2D eigenvalue weighted by Gasteiger charge is 2.12. The van der Waals surface area contributed by atoms with Crippen LogP contribution in [0.1, 0.15) is 21.7 Å². The van der Waals surface area contributed by atoms with Crippen molar-refractivity contribution in [1.29, 1.82) is 0 Å². The molecule has 2 N–H and O–H groups in total. The molecule has 2 rings (SSSR count). The van der Waals surface area contributed by atoms with Crippen LogP contribution in [0, 0.1) is 6.92 Å². The summed E-state index contributed by atoms with van der Waals surface area (Å²) in [6.45, 7) is 2.70. The van der Waals surface area contributed by atoms with E-state index in [1.54, 1.807) is 0 Å². The number of hydrogen-bond acceptors (Lipinski definition) is 5. The van der Waals surface area contributed by atoms with Crippen LogP contribution in [0.4, 0.5) is 0 Å². The first-order valence-electron chi connectivity index (χ1n) is 6.62. The zero-order valence-electron chi connectivity index (χ0n) is 12.1. The van der Waals surface area contributed by atoms with E-state index >= 15 is 0 Å². The van der Waals surface area contributed by atoms with Crippen molar-refractivity contribution < 1.29 is 15.0 Å². The molecule has 0 spiro atoms. The lowest BCUT2D eigenvalue weighted by Gasteiger charge is -2.15. The minimum absolute atomic E-state index is 0.125. The molecule has 0 saturated carbocycles. The van der Waals surface area contributed by atoms with Crippen LogP contribution >= 0.6 is 0 Å². The lowest BCUT2D eigenvalue weighted by atomic mass is 10.1. The molecule has 0 unspecified atom stereocenters. The van der Waals surface area contributed by atoms with E-state index in [-0.39, 0.29) is 23.8 Å². The highest BCUT2D eigenvalue weighted by atomic mass is 16.3.